The minimum Gasteiger partial charge on any atom is -0.443 e. The molecule has 0 fully saturated rings. The number of nitrogens with one attached hydrogen (secondary N) is 2. The molecule has 0 saturated carbocycles. The van der Waals surface area contributed by atoms with Gasteiger partial charge in [0.15, 0.2) is 12.5 Å². The fraction of sp³-hybridized carbons (Fsp3) is 0.250. The first-order chi connectivity index (χ1) is 19.5. The number of rotatable bonds is 14. The van der Waals surface area contributed by atoms with Gasteiger partial charge in [0.05, 0.1) is 23.6 Å². The van der Waals surface area contributed by atoms with Gasteiger partial charge >= 0.3 is 5.97 Å². The third-order valence-electron chi connectivity index (χ3n) is 5.72. The van der Waals surface area contributed by atoms with Crippen LogP contribution in [-0.4, -0.2) is 55.7 Å². The van der Waals surface area contributed by atoms with E-state index in [1.807, 2.05) is 0 Å². The number of allylic oxidation sites excluding steroid dienone is 5. The molecule has 2 aromatic heterocycles. The van der Waals surface area contributed by atoms with Gasteiger partial charge in [-0.05, 0) is 49.4 Å². The molecule has 3 rings (SSSR count). The van der Waals surface area contributed by atoms with E-state index in [0.29, 0.717) is 28.0 Å². The number of likely N-dealkylation sites (N-methyl/N-ethyl adjacent to an activating group) is 1. The van der Waals surface area contributed by atoms with Crippen molar-refractivity contribution in [1.29, 1.82) is 0 Å². The van der Waals surface area contributed by atoms with Crippen molar-refractivity contribution in [2.45, 2.75) is 20.1 Å². The highest BCUT2D eigenvalue weighted by molar-refractivity contribution is 7.89. The zero-order valence-electron chi connectivity index (χ0n) is 22.4. The van der Waals surface area contributed by atoms with E-state index in [2.05, 4.69) is 21.6 Å². The first-order valence-electron chi connectivity index (χ1n) is 12.4. The SMILES string of the molecule is C=C(C(=O)c1cn(COC(=O)CNC)c2ncc(-c3ccc(Cl)cc3)cc12)/C(F)=C\C=C(/CF)NS(=O)(=O)CCC. The second-order valence-corrected chi connectivity index (χ2v) is 11.1. The van der Waals surface area contributed by atoms with Crippen LogP contribution in [0.15, 0.2) is 78.6 Å². The van der Waals surface area contributed by atoms with E-state index in [-0.39, 0.29) is 24.6 Å². The number of halogens is 3. The molecular formula is C28H29ClF2N4O5S. The largest absolute Gasteiger partial charge is 0.443 e. The first kappa shape index (κ1) is 31.7. The van der Waals surface area contributed by atoms with Gasteiger partial charge in [-0.25, -0.2) is 22.2 Å². The normalized spacial score (nSPS) is 12.4. The Labute approximate surface area is 241 Å². The van der Waals surface area contributed by atoms with Crippen molar-refractivity contribution in [3.8, 4) is 11.1 Å². The predicted molar refractivity (Wildman–Crippen MR) is 154 cm³/mol. The molecule has 41 heavy (non-hydrogen) atoms. The Balaban J connectivity index is 1.99. The predicted octanol–water partition coefficient (Wildman–Crippen LogP) is 4.85. The number of benzene rings is 1. The van der Waals surface area contributed by atoms with E-state index < -0.39 is 45.5 Å². The van der Waals surface area contributed by atoms with Gasteiger partial charge in [-0.2, -0.15) is 0 Å². The number of carbonyl (C=O) groups excluding carboxylic acids is 2. The molecule has 0 atom stereocenters. The lowest BCUT2D eigenvalue weighted by molar-refractivity contribution is -0.146. The van der Waals surface area contributed by atoms with Crippen LogP contribution in [0.2, 0.25) is 5.02 Å². The number of hydrogen-bond acceptors (Lipinski definition) is 7. The number of Topliss-reactive ketones (excluding diaryl/α,β-unsaturated/α-hetero) is 1. The van der Waals surface area contributed by atoms with Crippen LogP contribution in [0.3, 0.4) is 0 Å². The Kier molecular flexibility index (Phi) is 10.9. The quantitative estimate of drug-likeness (QED) is 0.116. The zero-order chi connectivity index (χ0) is 30.2. The van der Waals surface area contributed by atoms with Crippen molar-refractivity contribution in [3.63, 3.8) is 0 Å². The van der Waals surface area contributed by atoms with Gasteiger partial charge in [-0.3, -0.25) is 18.9 Å². The maximum absolute atomic E-state index is 15.0. The number of nitrogens with zero attached hydrogens (tertiary/aromatic N) is 2. The fourth-order valence-electron chi connectivity index (χ4n) is 3.76. The molecule has 2 N–H and O–H groups in total. The molecule has 0 radical (unpaired) electrons. The molecule has 9 nitrogen and oxygen atoms in total. The summed E-state index contributed by atoms with van der Waals surface area (Å²) in [5.41, 5.74) is 0.773. The number of ether oxygens (including phenoxy) is 1. The van der Waals surface area contributed by atoms with Crippen molar-refractivity contribution < 1.29 is 31.5 Å². The molecular weight excluding hydrogens is 578 g/mol. The summed E-state index contributed by atoms with van der Waals surface area (Å²) < 4.78 is 60.9. The van der Waals surface area contributed by atoms with Crippen LogP contribution in [0, 0.1) is 0 Å². The molecule has 0 aliphatic carbocycles. The Bertz CT molecular complexity index is 1620. The maximum Gasteiger partial charge on any atom is 0.321 e. The second-order valence-electron chi connectivity index (χ2n) is 8.86. The van der Waals surface area contributed by atoms with Gasteiger partial charge < -0.3 is 10.1 Å². The summed E-state index contributed by atoms with van der Waals surface area (Å²) in [4.78, 5) is 29.7. The third-order valence-corrected chi connectivity index (χ3v) is 7.49. The zero-order valence-corrected chi connectivity index (χ0v) is 24.0. The average molecular weight is 607 g/mol. The summed E-state index contributed by atoms with van der Waals surface area (Å²) in [6.07, 6.45) is 4.91. The minimum atomic E-state index is -3.79. The van der Waals surface area contributed by atoms with Crippen molar-refractivity contribution in [2.75, 3.05) is 26.0 Å². The van der Waals surface area contributed by atoms with Crippen LogP contribution >= 0.6 is 11.6 Å². The van der Waals surface area contributed by atoms with Crippen LogP contribution in [-0.2, 0) is 26.3 Å². The van der Waals surface area contributed by atoms with Crippen LogP contribution in [0.4, 0.5) is 8.78 Å². The minimum absolute atomic E-state index is 0.0277. The number of carbonyl (C=O) groups is 2. The maximum atomic E-state index is 15.0. The highest BCUT2D eigenvalue weighted by atomic mass is 35.5. The molecule has 13 heteroatoms. The summed E-state index contributed by atoms with van der Waals surface area (Å²) >= 11 is 5.99. The number of ketones is 1. The number of pyridine rings is 1. The first-order valence-corrected chi connectivity index (χ1v) is 14.4. The summed E-state index contributed by atoms with van der Waals surface area (Å²) in [6, 6.07) is 8.62. The van der Waals surface area contributed by atoms with E-state index in [9.17, 15) is 22.4 Å². The number of aromatic nitrogens is 2. The lowest BCUT2D eigenvalue weighted by Gasteiger charge is -2.07. The molecule has 1 aromatic carbocycles. The van der Waals surface area contributed by atoms with Crippen LogP contribution < -0.4 is 10.0 Å². The van der Waals surface area contributed by atoms with Gasteiger partial charge in [0, 0.05) is 33.9 Å². The number of esters is 1. The number of alkyl halides is 1. The fourth-order valence-corrected chi connectivity index (χ4v) is 5.05. The summed E-state index contributed by atoms with van der Waals surface area (Å²) in [6.45, 7) is 3.70. The van der Waals surface area contributed by atoms with Crippen molar-refractivity contribution in [3.05, 3.63) is 89.1 Å². The van der Waals surface area contributed by atoms with E-state index in [0.717, 1.165) is 17.7 Å². The number of hydrogen-bond donors (Lipinski definition) is 2. The molecule has 0 bridgehead atoms. The summed E-state index contributed by atoms with van der Waals surface area (Å²) in [7, 11) is -2.21. The number of fused-ring (bicyclic) bond motifs is 1. The van der Waals surface area contributed by atoms with E-state index in [1.165, 1.54) is 10.8 Å². The lowest BCUT2D eigenvalue weighted by atomic mass is 10.0. The average Bonchev–Trinajstić information content (AvgIpc) is 3.31. The highest BCUT2D eigenvalue weighted by Gasteiger charge is 2.22. The Morgan fingerprint density at radius 2 is 1.90 bits per heavy atom. The van der Waals surface area contributed by atoms with Crippen molar-refractivity contribution >= 4 is 44.4 Å². The molecule has 0 unspecified atom stereocenters. The van der Waals surface area contributed by atoms with Crippen LogP contribution in [0.5, 0.6) is 0 Å². The molecule has 3 aromatic rings. The smallest absolute Gasteiger partial charge is 0.321 e. The Morgan fingerprint density at radius 1 is 1.20 bits per heavy atom. The monoisotopic (exact) mass is 606 g/mol. The highest BCUT2D eigenvalue weighted by Crippen LogP contribution is 2.29. The van der Waals surface area contributed by atoms with Crippen LogP contribution in [0.25, 0.3) is 22.2 Å². The van der Waals surface area contributed by atoms with E-state index >= 15 is 4.39 Å². The molecule has 0 aliphatic rings. The topological polar surface area (TPSA) is 119 Å². The van der Waals surface area contributed by atoms with E-state index in [1.54, 1.807) is 50.5 Å². The van der Waals surface area contributed by atoms with E-state index in [4.69, 9.17) is 16.3 Å². The van der Waals surface area contributed by atoms with Gasteiger partial charge in [0.25, 0.3) is 0 Å². The van der Waals surface area contributed by atoms with Gasteiger partial charge in [-0.1, -0.05) is 37.2 Å². The van der Waals surface area contributed by atoms with Gasteiger partial charge in [0.2, 0.25) is 10.0 Å². The van der Waals surface area contributed by atoms with Gasteiger partial charge in [-0.15, -0.1) is 0 Å². The molecule has 0 saturated heterocycles. The van der Waals surface area contributed by atoms with Crippen molar-refractivity contribution in [2.24, 2.45) is 0 Å². The molecule has 218 valence electrons. The molecule has 0 aliphatic heterocycles. The Hall–Kier alpha value is -3.87. The lowest BCUT2D eigenvalue weighted by Crippen LogP contribution is -2.26. The summed E-state index contributed by atoms with van der Waals surface area (Å²) in [5, 5.41) is 3.55. The molecule has 0 amide bonds. The summed E-state index contributed by atoms with van der Waals surface area (Å²) in [5.74, 6) is -2.68. The molecule has 2 heterocycles. The second kappa shape index (κ2) is 14.2. The standard InChI is InChI=1S/C28H29ClF2N4O5S/c1-4-11-41(38,39)34-22(13-30)9-10-25(31)18(2)27(37)24-16-35(17-40-26(36)15-32-3)28-23(24)12-20(14-33-28)19-5-7-21(29)8-6-19/h5-10,12,14,16,32,34H,2,4,11,13,15,17H2,1,3H3/b22-9+,25-10+. The number of sulfonamides is 1. The van der Waals surface area contributed by atoms with Crippen LogP contribution in [0.1, 0.15) is 23.7 Å². The Morgan fingerprint density at radius 3 is 2.54 bits per heavy atom. The molecule has 0 spiro atoms. The van der Waals surface area contributed by atoms with Crippen molar-refractivity contribution in [1.82, 2.24) is 19.6 Å². The van der Waals surface area contributed by atoms with Gasteiger partial charge in [0.1, 0.15) is 18.1 Å². The third kappa shape index (κ3) is 8.32.